The molecule has 0 unspecified atom stereocenters. The number of fused-ring (bicyclic) bond motifs is 1. The topological polar surface area (TPSA) is 86.7 Å². The number of nitrogens with zero attached hydrogens (tertiary/aromatic N) is 1. The molecule has 0 aromatic heterocycles. The van der Waals surface area contributed by atoms with Crippen molar-refractivity contribution >= 4 is 23.3 Å². The molecule has 6 nitrogen and oxygen atoms in total. The van der Waals surface area contributed by atoms with Gasteiger partial charge in [0.2, 0.25) is 11.8 Å². The highest BCUT2D eigenvalue weighted by atomic mass is 16.3. The molecule has 1 aliphatic heterocycles. The van der Waals surface area contributed by atoms with Crippen molar-refractivity contribution in [3.8, 4) is 5.75 Å². The molecular weight excluding hydrogens is 392 g/mol. The van der Waals surface area contributed by atoms with Gasteiger partial charge in [-0.3, -0.25) is 14.4 Å². The lowest BCUT2D eigenvalue weighted by atomic mass is 9.95. The lowest BCUT2D eigenvalue weighted by molar-refractivity contribution is -0.134. The number of carbonyl (C=O) groups excluding carboxylic acids is 3. The fourth-order valence-electron chi connectivity index (χ4n) is 4.47. The van der Waals surface area contributed by atoms with Gasteiger partial charge in [0.1, 0.15) is 5.75 Å². The highest BCUT2D eigenvalue weighted by molar-refractivity contribution is 5.98. The monoisotopic (exact) mass is 420 g/mol. The first-order valence-electron chi connectivity index (χ1n) is 11.0. The van der Waals surface area contributed by atoms with E-state index in [-0.39, 0.29) is 42.1 Å². The maximum atomic E-state index is 12.6. The van der Waals surface area contributed by atoms with Crippen LogP contribution in [0, 0.1) is 5.92 Å². The van der Waals surface area contributed by atoms with Crippen molar-refractivity contribution in [3.63, 3.8) is 0 Å². The van der Waals surface area contributed by atoms with Crippen molar-refractivity contribution in [1.82, 2.24) is 4.90 Å². The molecule has 2 amide bonds. The number of aromatic hydroxyl groups is 1. The van der Waals surface area contributed by atoms with E-state index in [4.69, 9.17) is 0 Å². The van der Waals surface area contributed by atoms with Gasteiger partial charge in [0.25, 0.3) is 0 Å². The summed E-state index contributed by atoms with van der Waals surface area (Å²) in [6, 6.07) is 12.5. The minimum atomic E-state index is -0.197. The molecule has 162 valence electrons. The van der Waals surface area contributed by atoms with Crippen LogP contribution in [0.5, 0.6) is 5.75 Å². The third-order valence-electron chi connectivity index (χ3n) is 6.37. The minimum Gasteiger partial charge on any atom is -0.506 e. The molecule has 1 heterocycles. The van der Waals surface area contributed by atoms with Crippen LogP contribution in [0.1, 0.15) is 53.6 Å². The third kappa shape index (κ3) is 4.95. The summed E-state index contributed by atoms with van der Waals surface area (Å²) in [4.78, 5) is 39.3. The maximum Gasteiger partial charge on any atom is 0.227 e. The van der Waals surface area contributed by atoms with Gasteiger partial charge in [-0.25, -0.2) is 0 Å². The standard InChI is InChI=1S/C25H28N2O4/c28-22(20-9-8-17-4-3-5-19(17)16-20)10-11-24(30)27-14-12-18(13-15-27)25(31)26-21-6-1-2-7-23(21)29/h1-2,6-9,16,18,29H,3-5,10-15H2,(H,26,31). The molecular formula is C25H28N2O4. The smallest absolute Gasteiger partial charge is 0.227 e. The van der Waals surface area contributed by atoms with E-state index in [9.17, 15) is 19.5 Å². The number of anilines is 1. The Labute approximate surface area is 182 Å². The summed E-state index contributed by atoms with van der Waals surface area (Å²) >= 11 is 0. The van der Waals surface area contributed by atoms with Crippen molar-refractivity contribution in [2.45, 2.75) is 44.9 Å². The zero-order valence-corrected chi connectivity index (χ0v) is 17.6. The first-order chi connectivity index (χ1) is 15.0. The SMILES string of the molecule is O=C(CCC(=O)N1CCC(C(=O)Nc2ccccc2O)CC1)c1ccc2c(c1)CCC2. The summed E-state index contributed by atoms with van der Waals surface area (Å²) in [6.45, 7) is 1.01. The molecule has 0 saturated carbocycles. The van der Waals surface area contributed by atoms with Crippen LogP contribution >= 0.6 is 0 Å². The van der Waals surface area contributed by atoms with Gasteiger partial charge >= 0.3 is 0 Å². The molecule has 2 N–H and O–H groups in total. The van der Waals surface area contributed by atoms with Gasteiger partial charge in [-0.15, -0.1) is 0 Å². The number of aryl methyl sites for hydroxylation is 2. The van der Waals surface area contributed by atoms with Crippen molar-refractivity contribution in [2.24, 2.45) is 5.92 Å². The second-order valence-corrected chi connectivity index (χ2v) is 8.42. The molecule has 2 aromatic carbocycles. The number of rotatable bonds is 6. The fraction of sp³-hybridized carbons (Fsp3) is 0.400. The summed E-state index contributed by atoms with van der Waals surface area (Å²) in [6.07, 6.45) is 4.82. The lowest BCUT2D eigenvalue weighted by Crippen LogP contribution is -2.41. The Morgan fingerprint density at radius 2 is 1.71 bits per heavy atom. The lowest BCUT2D eigenvalue weighted by Gasteiger charge is -2.31. The summed E-state index contributed by atoms with van der Waals surface area (Å²) in [5.74, 6) is -0.317. The van der Waals surface area contributed by atoms with Crippen molar-refractivity contribution in [3.05, 3.63) is 59.2 Å². The van der Waals surface area contributed by atoms with E-state index in [1.54, 1.807) is 23.1 Å². The Morgan fingerprint density at radius 1 is 0.968 bits per heavy atom. The maximum absolute atomic E-state index is 12.6. The van der Waals surface area contributed by atoms with Gasteiger partial charge in [0, 0.05) is 37.4 Å². The molecule has 6 heteroatoms. The van der Waals surface area contributed by atoms with Crippen LogP contribution in [0.2, 0.25) is 0 Å². The third-order valence-corrected chi connectivity index (χ3v) is 6.37. The Hall–Kier alpha value is -3.15. The number of phenolic OH excluding ortho intramolecular Hbond substituents is 1. The number of hydrogen-bond acceptors (Lipinski definition) is 4. The molecule has 2 aliphatic rings. The summed E-state index contributed by atoms with van der Waals surface area (Å²) in [5.41, 5.74) is 3.70. The first kappa shape index (κ1) is 21.1. The highest BCUT2D eigenvalue weighted by Gasteiger charge is 2.28. The fourth-order valence-corrected chi connectivity index (χ4v) is 4.47. The van der Waals surface area contributed by atoms with E-state index >= 15 is 0 Å². The van der Waals surface area contributed by atoms with Crippen LogP contribution in [0.3, 0.4) is 0 Å². The Kier molecular flexibility index (Phi) is 6.35. The van der Waals surface area contributed by atoms with Gasteiger partial charge < -0.3 is 15.3 Å². The van der Waals surface area contributed by atoms with E-state index < -0.39 is 0 Å². The van der Waals surface area contributed by atoms with Gasteiger partial charge in [0.15, 0.2) is 5.78 Å². The van der Waals surface area contributed by atoms with Crippen molar-refractivity contribution < 1.29 is 19.5 Å². The van der Waals surface area contributed by atoms with Gasteiger partial charge in [-0.05, 0) is 61.4 Å². The number of ketones is 1. The molecule has 4 rings (SSSR count). The van der Waals surface area contributed by atoms with Crippen LogP contribution in [0.25, 0.3) is 0 Å². The summed E-state index contributed by atoms with van der Waals surface area (Å²) in [5, 5.41) is 12.6. The molecule has 2 aromatic rings. The second-order valence-electron chi connectivity index (χ2n) is 8.42. The molecule has 0 spiro atoms. The predicted octanol–water partition coefficient (Wildman–Crippen LogP) is 3.72. The molecule has 31 heavy (non-hydrogen) atoms. The van der Waals surface area contributed by atoms with E-state index in [2.05, 4.69) is 5.32 Å². The van der Waals surface area contributed by atoms with Crippen molar-refractivity contribution in [1.29, 1.82) is 0 Å². The zero-order chi connectivity index (χ0) is 21.8. The largest absolute Gasteiger partial charge is 0.506 e. The molecule has 0 atom stereocenters. The number of hydrogen-bond donors (Lipinski definition) is 2. The minimum absolute atomic E-state index is 0.0139. The number of piperidine rings is 1. The van der Waals surface area contributed by atoms with E-state index in [0.717, 1.165) is 19.3 Å². The second kappa shape index (κ2) is 9.33. The Bertz CT molecular complexity index is 993. The molecule has 1 fully saturated rings. The number of nitrogens with one attached hydrogen (secondary N) is 1. The molecule has 1 saturated heterocycles. The van der Waals surface area contributed by atoms with E-state index in [0.29, 0.717) is 37.2 Å². The Balaban J connectivity index is 1.23. The quantitative estimate of drug-likeness (QED) is 0.551. The molecule has 0 radical (unpaired) electrons. The summed E-state index contributed by atoms with van der Waals surface area (Å²) < 4.78 is 0. The number of phenols is 1. The first-order valence-corrected chi connectivity index (χ1v) is 11.0. The van der Waals surface area contributed by atoms with Crippen LogP contribution in [-0.4, -0.2) is 40.7 Å². The van der Waals surface area contributed by atoms with Crippen LogP contribution < -0.4 is 5.32 Å². The highest BCUT2D eigenvalue weighted by Crippen LogP contribution is 2.26. The average Bonchev–Trinajstić information content (AvgIpc) is 3.27. The number of para-hydroxylation sites is 2. The van der Waals surface area contributed by atoms with E-state index in [1.165, 1.54) is 17.2 Å². The number of amides is 2. The number of Topliss-reactive ketones (excluding diaryl/α,β-unsaturated/α-hetero) is 1. The number of benzene rings is 2. The Morgan fingerprint density at radius 3 is 2.48 bits per heavy atom. The normalized spacial score (nSPS) is 16.1. The average molecular weight is 421 g/mol. The predicted molar refractivity (Wildman–Crippen MR) is 118 cm³/mol. The molecule has 0 bridgehead atoms. The van der Waals surface area contributed by atoms with Crippen molar-refractivity contribution in [2.75, 3.05) is 18.4 Å². The van der Waals surface area contributed by atoms with Crippen LogP contribution in [-0.2, 0) is 22.4 Å². The van der Waals surface area contributed by atoms with Gasteiger partial charge in [0.05, 0.1) is 5.69 Å². The molecule has 1 aliphatic carbocycles. The van der Waals surface area contributed by atoms with E-state index in [1.807, 2.05) is 18.2 Å². The zero-order valence-electron chi connectivity index (χ0n) is 17.6. The van der Waals surface area contributed by atoms with Crippen LogP contribution in [0.4, 0.5) is 5.69 Å². The summed E-state index contributed by atoms with van der Waals surface area (Å²) in [7, 11) is 0. The van der Waals surface area contributed by atoms with Gasteiger partial charge in [-0.2, -0.15) is 0 Å². The van der Waals surface area contributed by atoms with Gasteiger partial charge in [-0.1, -0.05) is 24.3 Å². The number of likely N-dealkylation sites (tertiary alicyclic amines) is 1. The number of carbonyl (C=O) groups is 3. The van der Waals surface area contributed by atoms with Crippen LogP contribution in [0.15, 0.2) is 42.5 Å².